The van der Waals surface area contributed by atoms with Crippen molar-refractivity contribution in [3.63, 3.8) is 0 Å². The van der Waals surface area contributed by atoms with Gasteiger partial charge in [0.25, 0.3) is 20.3 Å². The third-order valence-electron chi connectivity index (χ3n) is 4.40. The molecule has 2 aromatic heterocycles. The van der Waals surface area contributed by atoms with Crippen LogP contribution in [0.2, 0.25) is 10.0 Å². The molecule has 0 unspecified atom stereocenters. The second kappa shape index (κ2) is 9.84. The molecule has 2 aromatic carbocycles. The van der Waals surface area contributed by atoms with Gasteiger partial charge < -0.3 is 0 Å². The first-order valence-electron chi connectivity index (χ1n) is 9.41. The normalized spacial score (nSPS) is 11.2. The number of anilines is 2. The van der Waals surface area contributed by atoms with Gasteiger partial charge in [0.15, 0.2) is 0 Å². The van der Waals surface area contributed by atoms with Crippen LogP contribution in [-0.2, 0) is 16.4 Å². The summed E-state index contributed by atoms with van der Waals surface area (Å²) in [5.74, 6) is -0.561. The Balaban J connectivity index is 1.42. The maximum atomic E-state index is 12.7. The number of hydrogen-bond acceptors (Lipinski definition) is 7. The van der Waals surface area contributed by atoms with Crippen molar-refractivity contribution in [1.82, 2.24) is 15.2 Å². The highest BCUT2D eigenvalue weighted by Gasteiger charge is 2.22. The third-order valence-corrected chi connectivity index (χ3v) is 7.53. The molecule has 0 fully saturated rings. The average Bonchev–Trinajstić information content (AvgIpc) is 3.25. The minimum atomic E-state index is -3.99. The molecule has 0 aliphatic rings. The quantitative estimate of drug-likeness (QED) is 0.336. The molecule has 0 atom stereocenters. The van der Waals surface area contributed by atoms with E-state index in [9.17, 15) is 13.2 Å². The second-order valence-electron chi connectivity index (χ2n) is 6.79. The van der Waals surface area contributed by atoms with Crippen LogP contribution in [0, 0.1) is 0 Å². The molecule has 4 aromatic rings. The van der Waals surface area contributed by atoms with E-state index in [0.717, 1.165) is 11.1 Å². The SMILES string of the molecule is O=C(Nc1nnc(S(=O)(=O)Nc2ccc(Cc3ccncc3)cc2)s1)c1ccc(Cl)cc1Cl. The lowest BCUT2D eigenvalue weighted by molar-refractivity contribution is 0.102. The van der Waals surface area contributed by atoms with E-state index in [0.29, 0.717) is 28.5 Å². The van der Waals surface area contributed by atoms with Gasteiger partial charge in [-0.25, -0.2) is 0 Å². The van der Waals surface area contributed by atoms with Crippen molar-refractivity contribution in [3.05, 3.63) is 93.7 Å². The maximum Gasteiger partial charge on any atom is 0.291 e. The molecule has 4 rings (SSSR count). The number of carbonyl (C=O) groups is 1. The number of halogens is 2. The van der Waals surface area contributed by atoms with E-state index in [4.69, 9.17) is 23.2 Å². The number of hydrogen-bond donors (Lipinski definition) is 2. The fourth-order valence-corrected chi connectivity index (χ4v) is 5.28. The van der Waals surface area contributed by atoms with Crippen molar-refractivity contribution < 1.29 is 13.2 Å². The number of benzene rings is 2. The summed E-state index contributed by atoms with van der Waals surface area (Å²) >= 11 is 12.6. The molecule has 0 aliphatic heterocycles. The summed E-state index contributed by atoms with van der Waals surface area (Å²) in [6.45, 7) is 0. The molecule has 2 heterocycles. The zero-order chi connectivity index (χ0) is 23.4. The van der Waals surface area contributed by atoms with E-state index < -0.39 is 15.9 Å². The van der Waals surface area contributed by atoms with E-state index in [1.807, 2.05) is 24.3 Å². The van der Waals surface area contributed by atoms with Crippen LogP contribution < -0.4 is 10.0 Å². The van der Waals surface area contributed by atoms with Gasteiger partial charge in [0.2, 0.25) is 5.13 Å². The molecule has 0 saturated carbocycles. The van der Waals surface area contributed by atoms with Gasteiger partial charge >= 0.3 is 0 Å². The van der Waals surface area contributed by atoms with Crippen LogP contribution in [-0.4, -0.2) is 29.5 Å². The number of rotatable bonds is 7. The van der Waals surface area contributed by atoms with E-state index in [2.05, 4.69) is 25.2 Å². The van der Waals surface area contributed by atoms with Crippen LogP contribution in [0.15, 0.2) is 71.3 Å². The molecule has 0 radical (unpaired) electrons. The first-order valence-corrected chi connectivity index (χ1v) is 12.5. The van der Waals surface area contributed by atoms with Gasteiger partial charge in [-0.2, -0.15) is 8.42 Å². The Labute approximate surface area is 203 Å². The van der Waals surface area contributed by atoms with Gasteiger partial charge in [-0.05, 0) is 60.0 Å². The first kappa shape index (κ1) is 23.1. The van der Waals surface area contributed by atoms with Crippen molar-refractivity contribution in [2.75, 3.05) is 10.0 Å². The predicted molar refractivity (Wildman–Crippen MR) is 129 cm³/mol. The standard InChI is InChI=1S/C21H15Cl2N5O3S2/c22-15-3-6-17(18(23)12-15)19(29)25-20-26-27-21(32-20)33(30,31)28-16-4-1-13(2-5-16)11-14-7-9-24-10-8-14/h1-10,12,28H,11H2,(H,25,26,29). The lowest BCUT2D eigenvalue weighted by Crippen LogP contribution is -2.12. The number of aromatic nitrogens is 3. The topological polar surface area (TPSA) is 114 Å². The monoisotopic (exact) mass is 519 g/mol. The van der Waals surface area contributed by atoms with Gasteiger partial charge in [-0.15, -0.1) is 10.2 Å². The van der Waals surface area contributed by atoms with Crippen LogP contribution in [0.5, 0.6) is 0 Å². The average molecular weight is 520 g/mol. The van der Waals surface area contributed by atoms with Gasteiger partial charge in [0, 0.05) is 23.1 Å². The Morgan fingerprint density at radius 2 is 1.64 bits per heavy atom. The fraction of sp³-hybridized carbons (Fsp3) is 0.0476. The molecule has 0 saturated heterocycles. The maximum absolute atomic E-state index is 12.7. The Bertz CT molecular complexity index is 1400. The smallest absolute Gasteiger partial charge is 0.291 e. The summed E-state index contributed by atoms with van der Waals surface area (Å²) in [7, 11) is -3.99. The molecule has 8 nitrogen and oxygen atoms in total. The van der Waals surface area contributed by atoms with E-state index >= 15 is 0 Å². The van der Waals surface area contributed by atoms with Crippen LogP contribution in [0.25, 0.3) is 0 Å². The number of amides is 1. The van der Waals surface area contributed by atoms with Gasteiger partial charge in [-0.3, -0.25) is 19.8 Å². The molecule has 0 bridgehead atoms. The van der Waals surface area contributed by atoms with Crippen molar-refractivity contribution >= 4 is 61.3 Å². The molecule has 0 aliphatic carbocycles. The molecule has 1 amide bonds. The Morgan fingerprint density at radius 1 is 0.939 bits per heavy atom. The highest BCUT2D eigenvalue weighted by Crippen LogP contribution is 2.25. The van der Waals surface area contributed by atoms with Crippen molar-refractivity contribution in [2.24, 2.45) is 0 Å². The Hall–Kier alpha value is -3.05. The number of carbonyl (C=O) groups excluding carboxylic acids is 1. The summed E-state index contributed by atoms with van der Waals surface area (Å²) < 4.78 is 27.5. The van der Waals surface area contributed by atoms with Crippen LogP contribution in [0.3, 0.4) is 0 Å². The third kappa shape index (κ3) is 5.85. The minimum Gasteiger partial charge on any atom is -0.296 e. The molecule has 0 spiro atoms. The second-order valence-corrected chi connectivity index (χ2v) is 10.5. The Kier molecular flexibility index (Phi) is 6.89. The number of sulfonamides is 1. The Morgan fingerprint density at radius 3 is 2.33 bits per heavy atom. The van der Waals surface area contributed by atoms with E-state index in [1.165, 1.54) is 18.2 Å². The lowest BCUT2D eigenvalue weighted by Gasteiger charge is -2.07. The minimum absolute atomic E-state index is 0.0130. The summed E-state index contributed by atoms with van der Waals surface area (Å²) in [6, 6.07) is 15.2. The van der Waals surface area contributed by atoms with Crippen LogP contribution in [0.4, 0.5) is 10.8 Å². The summed E-state index contributed by atoms with van der Waals surface area (Å²) in [4.78, 5) is 16.4. The molecule has 33 heavy (non-hydrogen) atoms. The summed E-state index contributed by atoms with van der Waals surface area (Å²) in [5.41, 5.74) is 2.67. The van der Waals surface area contributed by atoms with Gasteiger partial charge in [0.05, 0.1) is 10.6 Å². The van der Waals surface area contributed by atoms with Crippen molar-refractivity contribution in [1.29, 1.82) is 0 Å². The zero-order valence-corrected chi connectivity index (χ0v) is 19.8. The number of pyridine rings is 1. The molecule has 12 heteroatoms. The lowest BCUT2D eigenvalue weighted by atomic mass is 10.1. The van der Waals surface area contributed by atoms with Crippen molar-refractivity contribution in [3.8, 4) is 0 Å². The summed E-state index contributed by atoms with van der Waals surface area (Å²) in [5, 5.41) is 10.5. The fourth-order valence-electron chi connectivity index (χ4n) is 2.83. The summed E-state index contributed by atoms with van der Waals surface area (Å²) in [6.07, 6.45) is 4.15. The predicted octanol–water partition coefficient (Wildman–Crippen LogP) is 4.88. The van der Waals surface area contributed by atoms with Crippen molar-refractivity contribution in [2.45, 2.75) is 10.8 Å². The number of nitrogens with one attached hydrogen (secondary N) is 2. The highest BCUT2D eigenvalue weighted by molar-refractivity contribution is 7.94. The molecule has 2 N–H and O–H groups in total. The highest BCUT2D eigenvalue weighted by atomic mass is 35.5. The largest absolute Gasteiger partial charge is 0.296 e. The molecular weight excluding hydrogens is 505 g/mol. The van der Waals surface area contributed by atoms with Gasteiger partial charge in [0.1, 0.15) is 0 Å². The van der Waals surface area contributed by atoms with Crippen LogP contribution in [0.1, 0.15) is 21.5 Å². The van der Waals surface area contributed by atoms with E-state index in [-0.39, 0.29) is 20.1 Å². The zero-order valence-electron chi connectivity index (χ0n) is 16.7. The number of nitrogens with zero attached hydrogens (tertiary/aromatic N) is 3. The molecular formula is C21H15Cl2N5O3S2. The van der Waals surface area contributed by atoms with E-state index in [1.54, 1.807) is 24.5 Å². The first-order chi connectivity index (χ1) is 15.8. The van der Waals surface area contributed by atoms with Gasteiger partial charge in [-0.1, -0.05) is 46.7 Å². The van der Waals surface area contributed by atoms with Crippen LogP contribution >= 0.6 is 34.5 Å². The molecule has 168 valence electrons.